The minimum Gasteiger partial charge on any atom is -0.508 e. The standard InChI is InChI=1S/C24H22FN7O2/c1-13-14(10-26)5-4-6-17(13)23-28-21(20(25)22(27)29-23)18-12-32(31-30-18)11-15-9-16(24(2,3)34)7-8-19(15)33/h4-9,12,33-34H,11H2,1-3H3,(H2,27,28,29). The maximum absolute atomic E-state index is 14.9. The summed E-state index contributed by atoms with van der Waals surface area (Å²) in [7, 11) is 0. The largest absolute Gasteiger partial charge is 0.508 e. The van der Waals surface area contributed by atoms with E-state index in [1.807, 2.05) is 0 Å². The number of anilines is 1. The Morgan fingerprint density at radius 3 is 2.68 bits per heavy atom. The number of nitrogens with two attached hydrogens (primary N) is 1. The van der Waals surface area contributed by atoms with Crippen molar-refractivity contribution in [2.75, 3.05) is 5.73 Å². The van der Waals surface area contributed by atoms with E-state index in [-0.39, 0.29) is 35.3 Å². The van der Waals surface area contributed by atoms with Gasteiger partial charge < -0.3 is 15.9 Å². The van der Waals surface area contributed by atoms with Crippen LogP contribution in [0.2, 0.25) is 0 Å². The van der Waals surface area contributed by atoms with Gasteiger partial charge in [0, 0.05) is 11.1 Å². The molecule has 0 amide bonds. The Balaban J connectivity index is 1.72. The van der Waals surface area contributed by atoms with Crippen LogP contribution in [0.5, 0.6) is 5.75 Å². The molecule has 0 aliphatic rings. The van der Waals surface area contributed by atoms with Crippen molar-refractivity contribution in [1.82, 2.24) is 25.0 Å². The van der Waals surface area contributed by atoms with E-state index in [2.05, 4.69) is 26.3 Å². The summed E-state index contributed by atoms with van der Waals surface area (Å²) in [6, 6.07) is 12.0. The molecule has 4 rings (SSSR count). The first-order chi connectivity index (χ1) is 16.1. The number of aliphatic hydroxyl groups is 1. The molecule has 0 aliphatic heterocycles. The molecule has 4 aromatic rings. The van der Waals surface area contributed by atoms with Gasteiger partial charge in [-0.05, 0) is 50.1 Å². The van der Waals surface area contributed by atoms with Gasteiger partial charge in [0.05, 0.1) is 30.0 Å². The van der Waals surface area contributed by atoms with Crippen LogP contribution in [0.3, 0.4) is 0 Å². The van der Waals surface area contributed by atoms with E-state index in [0.29, 0.717) is 27.8 Å². The van der Waals surface area contributed by atoms with Crippen LogP contribution >= 0.6 is 0 Å². The summed E-state index contributed by atoms with van der Waals surface area (Å²) in [6.07, 6.45) is 1.48. The van der Waals surface area contributed by atoms with Gasteiger partial charge in [-0.25, -0.2) is 19.0 Å². The predicted molar refractivity (Wildman–Crippen MR) is 123 cm³/mol. The number of aromatic nitrogens is 5. The van der Waals surface area contributed by atoms with Gasteiger partial charge >= 0.3 is 0 Å². The van der Waals surface area contributed by atoms with Gasteiger partial charge in [0.1, 0.15) is 17.1 Å². The summed E-state index contributed by atoms with van der Waals surface area (Å²) in [5, 5.41) is 37.8. The van der Waals surface area contributed by atoms with Gasteiger partial charge in [0.15, 0.2) is 17.5 Å². The Morgan fingerprint density at radius 1 is 1.21 bits per heavy atom. The first-order valence-electron chi connectivity index (χ1n) is 10.4. The van der Waals surface area contributed by atoms with Crippen LogP contribution in [0.15, 0.2) is 42.6 Å². The Labute approximate surface area is 195 Å². The number of hydrogen-bond donors (Lipinski definition) is 3. The van der Waals surface area contributed by atoms with Crippen LogP contribution in [-0.4, -0.2) is 35.2 Å². The molecule has 0 spiro atoms. The molecule has 172 valence electrons. The molecule has 0 atom stereocenters. The van der Waals surface area contributed by atoms with E-state index < -0.39 is 11.4 Å². The normalized spacial score (nSPS) is 11.4. The zero-order valence-electron chi connectivity index (χ0n) is 18.8. The minimum absolute atomic E-state index is 0.0256. The molecule has 10 heteroatoms. The van der Waals surface area contributed by atoms with Gasteiger partial charge in [0.2, 0.25) is 0 Å². The highest BCUT2D eigenvalue weighted by Gasteiger charge is 2.21. The van der Waals surface area contributed by atoms with Crippen molar-refractivity contribution in [3.8, 4) is 34.6 Å². The van der Waals surface area contributed by atoms with Crippen molar-refractivity contribution < 1.29 is 14.6 Å². The molecule has 0 unspecified atom stereocenters. The van der Waals surface area contributed by atoms with Crippen LogP contribution in [0.4, 0.5) is 10.2 Å². The first kappa shape index (κ1) is 22.8. The van der Waals surface area contributed by atoms with Gasteiger partial charge in [-0.1, -0.05) is 23.4 Å². The summed E-state index contributed by atoms with van der Waals surface area (Å²) in [5.74, 6) is -1.00. The molecule has 0 saturated heterocycles. The van der Waals surface area contributed by atoms with Crippen molar-refractivity contribution >= 4 is 5.82 Å². The van der Waals surface area contributed by atoms with Crippen LogP contribution in [0, 0.1) is 24.1 Å². The third-order valence-electron chi connectivity index (χ3n) is 5.47. The van der Waals surface area contributed by atoms with E-state index >= 15 is 0 Å². The van der Waals surface area contributed by atoms with Crippen molar-refractivity contribution in [3.63, 3.8) is 0 Å². The molecule has 0 radical (unpaired) electrons. The van der Waals surface area contributed by atoms with E-state index in [9.17, 15) is 19.9 Å². The average Bonchev–Trinajstić information content (AvgIpc) is 3.25. The number of hydrogen-bond acceptors (Lipinski definition) is 8. The zero-order chi connectivity index (χ0) is 24.6. The van der Waals surface area contributed by atoms with E-state index in [4.69, 9.17) is 5.73 Å². The third kappa shape index (κ3) is 4.29. The highest BCUT2D eigenvalue weighted by Crippen LogP contribution is 2.29. The Morgan fingerprint density at radius 2 is 1.97 bits per heavy atom. The number of nitriles is 1. The molecule has 4 N–H and O–H groups in total. The van der Waals surface area contributed by atoms with Crippen LogP contribution in [-0.2, 0) is 12.1 Å². The maximum Gasteiger partial charge on any atom is 0.193 e. The number of nitrogen functional groups attached to an aromatic ring is 1. The molecular weight excluding hydrogens is 437 g/mol. The highest BCUT2D eigenvalue weighted by atomic mass is 19.1. The molecule has 2 aromatic carbocycles. The number of aromatic hydroxyl groups is 1. The van der Waals surface area contributed by atoms with Crippen molar-refractivity contribution in [2.45, 2.75) is 32.9 Å². The minimum atomic E-state index is -1.09. The van der Waals surface area contributed by atoms with Gasteiger partial charge in [-0.3, -0.25) is 0 Å². The lowest BCUT2D eigenvalue weighted by atomic mass is 9.96. The summed E-state index contributed by atoms with van der Waals surface area (Å²) >= 11 is 0. The molecule has 2 aromatic heterocycles. The fourth-order valence-corrected chi connectivity index (χ4v) is 3.51. The zero-order valence-corrected chi connectivity index (χ0v) is 18.8. The fraction of sp³-hybridized carbons (Fsp3) is 0.208. The van der Waals surface area contributed by atoms with Crippen LogP contribution < -0.4 is 5.73 Å². The third-order valence-corrected chi connectivity index (χ3v) is 5.47. The molecule has 0 aliphatic carbocycles. The average molecular weight is 459 g/mol. The van der Waals surface area contributed by atoms with Crippen molar-refractivity contribution in [1.29, 1.82) is 5.26 Å². The summed E-state index contributed by atoms with van der Waals surface area (Å²) in [5.41, 5.74) is 7.49. The topological polar surface area (TPSA) is 147 Å². The highest BCUT2D eigenvalue weighted by molar-refractivity contribution is 5.69. The second-order valence-electron chi connectivity index (χ2n) is 8.39. The predicted octanol–water partition coefficient (Wildman–Crippen LogP) is 3.28. The number of halogens is 1. The molecule has 9 nitrogen and oxygen atoms in total. The van der Waals surface area contributed by atoms with Gasteiger partial charge in [-0.2, -0.15) is 5.26 Å². The summed E-state index contributed by atoms with van der Waals surface area (Å²) < 4.78 is 16.3. The van der Waals surface area contributed by atoms with E-state index in [0.717, 1.165) is 0 Å². The number of rotatable bonds is 5. The molecule has 0 fully saturated rings. The lowest BCUT2D eigenvalue weighted by molar-refractivity contribution is 0.0784. The van der Waals surface area contributed by atoms with Crippen molar-refractivity contribution in [2.24, 2.45) is 0 Å². The van der Waals surface area contributed by atoms with Crippen LogP contribution in [0.1, 0.15) is 36.1 Å². The van der Waals surface area contributed by atoms with Gasteiger partial charge in [0.25, 0.3) is 0 Å². The number of phenolic OH excluding ortho intramolecular Hbond substituents is 1. The second kappa shape index (κ2) is 8.53. The Kier molecular flexibility index (Phi) is 5.73. The quantitative estimate of drug-likeness (QED) is 0.412. The number of nitrogens with zero attached hydrogens (tertiary/aromatic N) is 6. The summed E-state index contributed by atoms with van der Waals surface area (Å²) in [4.78, 5) is 8.38. The van der Waals surface area contributed by atoms with E-state index in [1.54, 1.807) is 51.1 Å². The van der Waals surface area contributed by atoms with Gasteiger partial charge in [-0.15, -0.1) is 5.10 Å². The molecular formula is C24H22FN7O2. The molecule has 34 heavy (non-hydrogen) atoms. The van der Waals surface area contributed by atoms with E-state index in [1.165, 1.54) is 16.9 Å². The maximum atomic E-state index is 14.9. The number of benzene rings is 2. The Bertz CT molecular complexity index is 1430. The first-order valence-corrected chi connectivity index (χ1v) is 10.4. The van der Waals surface area contributed by atoms with Crippen LogP contribution in [0.25, 0.3) is 22.8 Å². The fourth-order valence-electron chi connectivity index (χ4n) is 3.51. The Hall–Kier alpha value is -4.36. The SMILES string of the molecule is Cc1c(C#N)cccc1-c1nc(N)c(F)c(-c2cn(Cc3cc(C(C)(C)O)ccc3O)nn2)n1. The smallest absolute Gasteiger partial charge is 0.193 e. The van der Waals surface area contributed by atoms with Crippen molar-refractivity contribution in [3.05, 3.63) is 70.7 Å². The summed E-state index contributed by atoms with van der Waals surface area (Å²) in [6.45, 7) is 5.16. The monoisotopic (exact) mass is 459 g/mol. The lowest BCUT2D eigenvalue weighted by Crippen LogP contribution is -2.16. The lowest BCUT2D eigenvalue weighted by Gasteiger charge is -2.19. The number of phenols is 1. The second-order valence-corrected chi connectivity index (χ2v) is 8.39. The molecule has 0 bridgehead atoms. The molecule has 2 heterocycles. The molecule has 0 saturated carbocycles.